The van der Waals surface area contributed by atoms with Gasteiger partial charge in [0.1, 0.15) is 0 Å². The summed E-state index contributed by atoms with van der Waals surface area (Å²) in [5.41, 5.74) is 2.24. The van der Waals surface area contributed by atoms with Crippen molar-refractivity contribution in [3.8, 4) is 0 Å². The molecule has 0 aliphatic heterocycles. The normalized spacial score (nSPS) is 11.0. The smallest absolute Gasteiger partial charge is 0.328 e. The van der Waals surface area contributed by atoms with Crippen LogP contribution in [0.4, 0.5) is 0 Å². The third kappa shape index (κ3) is 4.58. The Balaban J connectivity index is 2.12. The van der Waals surface area contributed by atoms with E-state index in [1.807, 2.05) is 36.4 Å². The largest absolute Gasteiger partial charge is 0.478 e. The van der Waals surface area contributed by atoms with E-state index in [9.17, 15) is 9.59 Å². The van der Waals surface area contributed by atoms with Gasteiger partial charge in [0.15, 0.2) is 5.78 Å². The summed E-state index contributed by atoms with van der Waals surface area (Å²) in [5.74, 6) is -1.06. The number of hydrogen-bond donors (Lipinski definition) is 1. The van der Waals surface area contributed by atoms with Crippen LogP contribution >= 0.6 is 0 Å². The van der Waals surface area contributed by atoms with E-state index in [0.29, 0.717) is 5.56 Å². The minimum absolute atomic E-state index is 0.0675. The Labute approximate surface area is 122 Å². The van der Waals surface area contributed by atoms with Gasteiger partial charge in [0.05, 0.1) is 0 Å². The molecule has 0 spiro atoms. The van der Waals surface area contributed by atoms with Crippen molar-refractivity contribution in [3.63, 3.8) is 0 Å². The molecule has 104 valence electrons. The number of carbonyl (C=O) groups is 2. The van der Waals surface area contributed by atoms with Crippen LogP contribution in [0.15, 0.2) is 66.7 Å². The van der Waals surface area contributed by atoms with Crippen molar-refractivity contribution in [3.05, 3.63) is 83.4 Å². The van der Waals surface area contributed by atoms with Gasteiger partial charge in [-0.1, -0.05) is 54.6 Å². The first-order valence-corrected chi connectivity index (χ1v) is 6.44. The van der Waals surface area contributed by atoms with E-state index in [-0.39, 0.29) is 5.78 Å². The molecule has 0 aliphatic carbocycles. The quantitative estimate of drug-likeness (QED) is 0.670. The molecule has 0 bridgehead atoms. The van der Waals surface area contributed by atoms with Crippen molar-refractivity contribution in [1.82, 2.24) is 0 Å². The molecule has 2 aromatic carbocycles. The molecule has 0 radical (unpaired) electrons. The average Bonchev–Trinajstić information content (AvgIpc) is 2.52. The van der Waals surface area contributed by atoms with Crippen LogP contribution in [0.3, 0.4) is 0 Å². The van der Waals surface area contributed by atoms with Crippen molar-refractivity contribution in [2.24, 2.45) is 0 Å². The van der Waals surface area contributed by atoms with Gasteiger partial charge in [0.25, 0.3) is 0 Å². The van der Waals surface area contributed by atoms with Crippen LogP contribution in [-0.2, 0) is 4.79 Å². The van der Waals surface area contributed by atoms with Crippen LogP contribution in [0.5, 0.6) is 0 Å². The molecule has 0 aromatic heterocycles. The monoisotopic (exact) mass is 278 g/mol. The number of rotatable bonds is 5. The molecule has 0 saturated carbocycles. The molecule has 0 heterocycles. The fraction of sp³-hybridized carbons (Fsp3) is 0. The SMILES string of the molecule is O=C(O)/C=C/c1cccc(/C=C/C(=O)c2ccccc2)c1. The molecule has 3 heteroatoms. The summed E-state index contributed by atoms with van der Waals surface area (Å²) in [4.78, 5) is 22.4. The highest BCUT2D eigenvalue weighted by molar-refractivity contribution is 6.06. The maximum Gasteiger partial charge on any atom is 0.328 e. The third-order valence-corrected chi connectivity index (χ3v) is 2.81. The number of carbonyl (C=O) groups excluding carboxylic acids is 1. The van der Waals surface area contributed by atoms with E-state index in [2.05, 4.69) is 0 Å². The first-order chi connectivity index (χ1) is 10.1. The van der Waals surface area contributed by atoms with Gasteiger partial charge in [-0.3, -0.25) is 4.79 Å². The highest BCUT2D eigenvalue weighted by atomic mass is 16.4. The molecular weight excluding hydrogens is 264 g/mol. The average molecular weight is 278 g/mol. The number of hydrogen-bond acceptors (Lipinski definition) is 2. The lowest BCUT2D eigenvalue weighted by molar-refractivity contribution is -0.131. The second kappa shape index (κ2) is 7.01. The highest BCUT2D eigenvalue weighted by Gasteiger charge is 1.99. The predicted molar refractivity (Wildman–Crippen MR) is 82.9 cm³/mol. The predicted octanol–water partition coefficient (Wildman–Crippen LogP) is 3.68. The lowest BCUT2D eigenvalue weighted by Crippen LogP contribution is -1.92. The Hall–Kier alpha value is -2.94. The van der Waals surface area contributed by atoms with Crippen molar-refractivity contribution < 1.29 is 14.7 Å². The maximum absolute atomic E-state index is 11.9. The molecule has 0 unspecified atom stereocenters. The molecule has 0 aliphatic rings. The maximum atomic E-state index is 11.9. The second-order valence-electron chi connectivity index (χ2n) is 4.41. The lowest BCUT2D eigenvalue weighted by atomic mass is 10.1. The van der Waals surface area contributed by atoms with Gasteiger partial charge in [-0.05, 0) is 29.3 Å². The zero-order valence-electron chi connectivity index (χ0n) is 11.3. The summed E-state index contributed by atoms with van der Waals surface area (Å²) in [7, 11) is 0. The lowest BCUT2D eigenvalue weighted by Gasteiger charge is -1.97. The zero-order chi connectivity index (χ0) is 15.1. The minimum atomic E-state index is -0.991. The number of benzene rings is 2. The summed E-state index contributed by atoms with van der Waals surface area (Å²) < 4.78 is 0. The van der Waals surface area contributed by atoms with E-state index in [0.717, 1.165) is 17.2 Å². The zero-order valence-corrected chi connectivity index (χ0v) is 11.3. The molecule has 1 N–H and O–H groups in total. The van der Waals surface area contributed by atoms with E-state index >= 15 is 0 Å². The Morgan fingerprint density at radius 1 is 0.810 bits per heavy atom. The van der Waals surface area contributed by atoms with Crippen molar-refractivity contribution in [2.75, 3.05) is 0 Å². The van der Waals surface area contributed by atoms with Gasteiger partial charge in [-0.2, -0.15) is 0 Å². The molecular formula is C18H14O3. The van der Waals surface area contributed by atoms with Crippen LogP contribution in [0.2, 0.25) is 0 Å². The van der Waals surface area contributed by atoms with Gasteiger partial charge in [-0.25, -0.2) is 4.79 Å². The van der Waals surface area contributed by atoms with Crippen LogP contribution in [-0.4, -0.2) is 16.9 Å². The molecule has 0 atom stereocenters. The summed E-state index contributed by atoms with van der Waals surface area (Å²) in [5, 5.41) is 8.60. The van der Waals surface area contributed by atoms with Crippen molar-refractivity contribution >= 4 is 23.9 Å². The van der Waals surface area contributed by atoms with Crippen LogP contribution < -0.4 is 0 Å². The number of carboxylic acid groups (broad SMARTS) is 1. The van der Waals surface area contributed by atoms with E-state index < -0.39 is 5.97 Å². The van der Waals surface area contributed by atoms with Gasteiger partial charge >= 0.3 is 5.97 Å². The van der Waals surface area contributed by atoms with Crippen molar-refractivity contribution in [1.29, 1.82) is 0 Å². The van der Waals surface area contributed by atoms with Crippen LogP contribution in [0.1, 0.15) is 21.5 Å². The first-order valence-electron chi connectivity index (χ1n) is 6.44. The van der Waals surface area contributed by atoms with Gasteiger partial charge in [-0.15, -0.1) is 0 Å². The summed E-state index contributed by atoms with van der Waals surface area (Å²) >= 11 is 0. The molecule has 0 fully saturated rings. The third-order valence-electron chi connectivity index (χ3n) is 2.81. The standard InChI is InChI=1S/C18H14O3/c19-17(16-7-2-1-3-8-16)11-9-14-5-4-6-15(13-14)10-12-18(20)21/h1-13H,(H,20,21)/b11-9+,12-10+. The minimum Gasteiger partial charge on any atom is -0.478 e. The van der Waals surface area contributed by atoms with Gasteiger partial charge in [0, 0.05) is 11.6 Å². The number of allylic oxidation sites excluding steroid dienone is 1. The van der Waals surface area contributed by atoms with Crippen LogP contribution in [0, 0.1) is 0 Å². The Morgan fingerprint density at radius 3 is 2.05 bits per heavy atom. The van der Waals surface area contributed by atoms with E-state index in [4.69, 9.17) is 5.11 Å². The summed E-state index contributed by atoms with van der Waals surface area (Å²) in [6.07, 6.45) is 5.82. The summed E-state index contributed by atoms with van der Waals surface area (Å²) in [6, 6.07) is 16.3. The Bertz CT molecular complexity index is 697. The number of ketones is 1. The Kier molecular flexibility index (Phi) is 4.83. The van der Waals surface area contributed by atoms with E-state index in [1.54, 1.807) is 24.3 Å². The van der Waals surface area contributed by atoms with E-state index in [1.165, 1.54) is 12.2 Å². The fourth-order valence-corrected chi connectivity index (χ4v) is 1.80. The molecule has 0 amide bonds. The summed E-state index contributed by atoms with van der Waals surface area (Å²) in [6.45, 7) is 0. The number of aliphatic carboxylic acids is 1. The van der Waals surface area contributed by atoms with Gasteiger partial charge < -0.3 is 5.11 Å². The molecule has 0 saturated heterocycles. The number of carboxylic acids is 1. The molecule has 21 heavy (non-hydrogen) atoms. The van der Waals surface area contributed by atoms with Gasteiger partial charge in [0.2, 0.25) is 0 Å². The van der Waals surface area contributed by atoms with Crippen molar-refractivity contribution in [2.45, 2.75) is 0 Å². The fourth-order valence-electron chi connectivity index (χ4n) is 1.80. The Morgan fingerprint density at radius 2 is 1.43 bits per heavy atom. The molecule has 2 aromatic rings. The topological polar surface area (TPSA) is 54.4 Å². The molecule has 3 nitrogen and oxygen atoms in total. The van der Waals surface area contributed by atoms with Crippen LogP contribution in [0.25, 0.3) is 12.2 Å². The highest BCUT2D eigenvalue weighted by Crippen LogP contribution is 2.10. The second-order valence-corrected chi connectivity index (χ2v) is 4.41. The molecule has 2 rings (SSSR count). The first kappa shape index (κ1) is 14.5.